The largest absolute Gasteiger partial charge is 0.357 e. The summed E-state index contributed by atoms with van der Waals surface area (Å²) in [5, 5.41) is 4.76. The molecule has 0 saturated carbocycles. The Hall–Kier alpha value is -0.160. The standard InChI is InChI=1S/C7H18N4/c8-3-6-4-10-1-2-11-5-7(6)9/h6-7,10-11H,1-5,8-9H2/p+4/t6-,7-/m0/s1. The van der Waals surface area contributed by atoms with Crippen LogP contribution in [0, 0.1) is 5.92 Å². The van der Waals surface area contributed by atoms with Crippen LogP contribution in [0.5, 0.6) is 0 Å². The summed E-state index contributed by atoms with van der Waals surface area (Å²) in [6.07, 6.45) is 0. The second-order valence-electron chi connectivity index (χ2n) is 3.43. The first kappa shape index (κ1) is 8.93. The maximum atomic E-state index is 4.16. The number of quaternary nitrogens is 4. The van der Waals surface area contributed by atoms with E-state index in [0.29, 0.717) is 6.04 Å². The van der Waals surface area contributed by atoms with Crippen molar-refractivity contribution in [1.82, 2.24) is 0 Å². The minimum absolute atomic E-state index is 0.601. The summed E-state index contributed by atoms with van der Waals surface area (Å²) in [6, 6.07) is 0.601. The number of hydrogen-bond donors (Lipinski definition) is 4. The summed E-state index contributed by atoms with van der Waals surface area (Å²) in [4.78, 5) is 0. The maximum Gasteiger partial charge on any atom is 0.148 e. The van der Waals surface area contributed by atoms with E-state index >= 15 is 0 Å². The van der Waals surface area contributed by atoms with E-state index in [9.17, 15) is 0 Å². The van der Waals surface area contributed by atoms with Crippen molar-refractivity contribution < 1.29 is 22.1 Å². The highest BCUT2D eigenvalue weighted by molar-refractivity contribution is 4.63. The van der Waals surface area contributed by atoms with Gasteiger partial charge in [-0.15, -0.1) is 0 Å². The molecule has 0 amide bonds. The third-order valence-corrected chi connectivity index (χ3v) is 2.55. The van der Waals surface area contributed by atoms with Crippen molar-refractivity contribution in [2.75, 3.05) is 32.7 Å². The van der Waals surface area contributed by atoms with Gasteiger partial charge in [-0.05, 0) is 0 Å². The molecule has 1 aliphatic heterocycles. The van der Waals surface area contributed by atoms with E-state index < -0.39 is 0 Å². The molecular formula is C7H22N4+4. The van der Waals surface area contributed by atoms with Crippen LogP contribution in [0.2, 0.25) is 0 Å². The summed E-state index contributed by atoms with van der Waals surface area (Å²) in [5.41, 5.74) is 8.12. The van der Waals surface area contributed by atoms with Gasteiger partial charge in [0.2, 0.25) is 0 Å². The van der Waals surface area contributed by atoms with Crippen LogP contribution in [0.4, 0.5) is 0 Å². The van der Waals surface area contributed by atoms with Gasteiger partial charge >= 0.3 is 0 Å². The molecule has 66 valence electrons. The highest BCUT2D eigenvalue weighted by Gasteiger charge is 2.26. The van der Waals surface area contributed by atoms with Gasteiger partial charge in [0.15, 0.2) is 0 Å². The monoisotopic (exact) mass is 162 g/mol. The van der Waals surface area contributed by atoms with Gasteiger partial charge in [0.1, 0.15) is 31.6 Å². The first-order valence-electron chi connectivity index (χ1n) is 4.60. The van der Waals surface area contributed by atoms with E-state index in [0.717, 1.165) is 12.5 Å². The van der Waals surface area contributed by atoms with Gasteiger partial charge in [-0.25, -0.2) is 0 Å². The lowest BCUT2D eigenvalue weighted by atomic mass is 10.00. The summed E-state index contributed by atoms with van der Waals surface area (Å²) < 4.78 is 0. The second-order valence-corrected chi connectivity index (χ2v) is 3.43. The molecule has 0 unspecified atom stereocenters. The summed E-state index contributed by atoms with van der Waals surface area (Å²) in [6.45, 7) is 5.96. The average molecular weight is 162 g/mol. The van der Waals surface area contributed by atoms with Crippen LogP contribution in [0.1, 0.15) is 0 Å². The lowest BCUT2D eigenvalue weighted by Crippen LogP contribution is -3.02. The summed E-state index contributed by atoms with van der Waals surface area (Å²) in [7, 11) is 0. The van der Waals surface area contributed by atoms with Crippen molar-refractivity contribution in [2.45, 2.75) is 6.04 Å². The molecular weight excluding hydrogens is 140 g/mol. The van der Waals surface area contributed by atoms with Crippen LogP contribution in [0.15, 0.2) is 0 Å². The molecule has 0 aromatic rings. The second kappa shape index (κ2) is 4.66. The zero-order valence-corrected chi connectivity index (χ0v) is 7.26. The molecule has 0 aliphatic carbocycles. The lowest BCUT2D eigenvalue weighted by Gasteiger charge is -2.17. The normalized spacial score (nSPS) is 34.4. The van der Waals surface area contributed by atoms with Gasteiger partial charge in [0, 0.05) is 0 Å². The Morgan fingerprint density at radius 3 is 2.45 bits per heavy atom. The molecule has 4 heteroatoms. The molecule has 1 aliphatic rings. The highest BCUT2D eigenvalue weighted by atomic mass is 15.0. The van der Waals surface area contributed by atoms with Crippen molar-refractivity contribution in [3.8, 4) is 0 Å². The predicted molar refractivity (Wildman–Crippen MR) is 41.2 cm³/mol. The van der Waals surface area contributed by atoms with Crippen LogP contribution in [0.3, 0.4) is 0 Å². The SMILES string of the molecule is [NH3+]C[C@H]1C[NH2+]CC[NH2+]C[C@@H]1[NH3+]. The number of rotatable bonds is 1. The number of hydrogen-bond acceptors (Lipinski definition) is 0. The van der Waals surface area contributed by atoms with Crippen molar-refractivity contribution in [3.05, 3.63) is 0 Å². The van der Waals surface area contributed by atoms with E-state index in [4.69, 9.17) is 0 Å². The molecule has 11 heavy (non-hydrogen) atoms. The topological polar surface area (TPSA) is 88.5 Å². The lowest BCUT2D eigenvalue weighted by molar-refractivity contribution is -0.755. The van der Waals surface area contributed by atoms with E-state index in [1.807, 2.05) is 0 Å². The molecule has 1 fully saturated rings. The fourth-order valence-corrected chi connectivity index (χ4v) is 1.64. The van der Waals surface area contributed by atoms with Crippen LogP contribution in [0.25, 0.3) is 0 Å². The Morgan fingerprint density at radius 1 is 1.18 bits per heavy atom. The first-order chi connectivity index (χ1) is 5.34. The Labute approximate surface area is 67.7 Å². The molecule has 0 radical (unpaired) electrons. The highest BCUT2D eigenvalue weighted by Crippen LogP contribution is 1.90. The fraction of sp³-hybridized carbons (Fsp3) is 1.00. The molecule has 0 aromatic heterocycles. The smallest absolute Gasteiger partial charge is 0.148 e. The average Bonchev–Trinajstić information content (AvgIpc) is 1.98. The van der Waals surface area contributed by atoms with Crippen LogP contribution >= 0.6 is 0 Å². The molecule has 10 N–H and O–H groups in total. The summed E-state index contributed by atoms with van der Waals surface area (Å²) >= 11 is 0. The number of nitrogens with two attached hydrogens (primary N) is 2. The fourth-order valence-electron chi connectivity index (χ4n) is 1.64. The quantitative estimate of drug-likeness (QED) is 0.297. The van der Waals surface area contributed by atoms with Crippen molar-refractivity contribution >= 4 is 0 Å². The van der Waals surface area contributed by atoms with Crippen molar-refractivity contribution in [2.24, 2.45) is 5.92 Å². The van der Waals surface area contributed by atoms with Gasteiger partial charge in [0.05, 0.1) is 13.1 Å². The van der Waals surface area contributed by atoms with Crippen LogP contribution in [-0.4, -0.2) is 38.8 Å². The minimum Gasteiger partial charge on any atom is -0.357 e. The zero-order valence-electron chi connectivity index (χ0n) is 7.26. The van der Waals surface area contributed by atoms with Gasteiger partial charge < -0.3 is 22.1 Å². The molecule has 0 spiro atoms. The minimum atomic E-state index is 0.601. The van der Waals surface area contributed by atoms with Gasteiger partial charge in [-0.2, -0.15) is 0 Å². The van der Waals surface area contributed by atoms with Crippen molar-refractivity contribution in [1.29, 1.82) is 0 Å². The maximum absolute atomic E-state index is 4.16. The van der Waals surface area contributed by atoms with Gasteiger partial charge in [-0.1, -0.05) is 0 Å². The van der Waals surface area contributed by atoms with Crippen LogP contribution in [-0.2, 0) is 0 Å². The van der Waals surface area contributed by atoms with E-state index in [2.05, 4.69) is 22.1 Å². The zero-order chi connectivity index (χ0) is 8.10. The van der Waals surface area contributed by atoms with E-state index in [-0.39, 0.29) is 0 Å². The first-order valence-corrected chi connectivity index (χ1v) is 4.60. The Balaban J connectivity index is 2.33. The molecule has 1 saturated heterocycles. The molecule has 2 atom stereocenters. The van der Waals surface area contributed by atoms with Gasteiger partial charge in [-0.3, -0.25) is 0 Å². The Morgan fingerprint density at radius 2 is 1.82 bits per heavy atom. The van der Waals surface area contributed by atoms with Crippen molar-refractivity contribution in [3.63, 3.8) is 0 Å². The molecule has 0 aromatic carbocycles. The molecule has 0 bridgehead atoms. The molecule has 1 heterocycles. The summed E-state index contributed by atoms with van der Waals surface area (Å²) in [5.74, 6) is 0.728. The van der Waals surface area contributed by atoms with E-state index in [1.165, 1.54) is 26.2 Å². The molecule has 4 nitrogen and oxygen atoms in total. The van der Waals surface area contributed by atoms with E-state index in [1.54, 1.807) is 0 Å². The van der Waals surface area contributed by atoms with Gasteiger partial charge in [0.25, 0.3) is 0 Å². The molecule has 1 rings (SSSR count). The Kier molecular flexibility index (Phi) is 3.79. The Bertz CT molecular complexity index is 107. The predicted octanol–water partition coefficient (Wildman–Crippen LogP) is -5.40. The third kappa shape index (κ3) is 2.75. The van der Waals surface area contributed by atoms with Crippen LogP contribution < -0.4 is 22.1 Å². The third-order valence-electron chi connectivity index (χ3n) is 2.55.